The van der Waals surface area contributed by atoms with E-state index in [1.807, 2.05) is 18.8 Å². The van der Waals surface area contributed by atoms with Gasteiger partial charge in [-0.1, -0.05) is 19.1 Å². The molecule has 0 aliphatic carbocycles. The summed E-state index contributed by atoms with van der Waals surface area (Å²) in [4.78, 5) is 1.39. The molecule has 0 bridgehead atoms. The first kappa shape index (κ1) is 11.6. The van der Waals surface area contributed by atoms with Crippen molar-refractivity contribution >= 4 is 11.8 Å². The second kappa shape index (κ2) is 6.91. The van der Waals surface area contributed by atoms with Gasteiger partial charge in [0.25, 0.3) is 0 Å². The predicted octanol–water partition coefficient (Wildman–Crippen LogP) is 2.95. The van der Waals surface area contributed by atoms with E-state index in [2.05, 4.69) is 36.5 Å². The van der Waals surface area contributed by atoms with E-state index in [4.69, 9.17) is 0 Å². The van der Waals surface area contributed by atoms with Crippen LogP contribution in [0.15, 0.2) is 29.2 Å². The Kier molecular flexibility index (Phi) is 5.72. The van der Waals surface area contributed by atoms with E-state index >= 15 is 0 Å². The fourth-order valence-electron chi connectivity index (χ4n) is 1.26. The molecule has 0 fully saturated rings. The molecular formula is C12H19NS. The van der Waals surface area contributed by atoms with Crippen molar-refractivity contribution in [3.63, 3.8) is 0 Å². The van der Waals surface area contributed by atoms with Crippen LogP contribution in [0.3, 0.4) is 0 Å². The summed E-state index contributed by atoms with van der Waals surface area (Å²) in [5, 5.41) is 3.16. The SMILES string of the molecule is CCc1ccc(SCCCNC)cc1. The maximum atomic E-state index is 3.16. The van der Waals surface area contributed by atoms with Crippen LogP contribution in [0.5, 0.6) is 0 Å². The highest BCUT2D eigenvalue weighted by molar-refractivity contribution is 7.99. The van der Waals surface area contributed by atoms with Crippen molar-refractivity contribution in [2.24, 2.45) is 0 Å². The average molecular weight is 209 g/mol. The van der Waals surface area contributed by atoms with Crippen molar-refractivity contribution in [1.29, 1.82) is 0 Å². The Morgan fingerprint density at radius 2 is 1.93 bits per heavy atom. The first-order valence-corrected chi connectivity index (χ1v) is 6.21. The Bertz CT molecular complexity index is 243. The lowest BCUT2D eigenvalue weighted by Crippen LogP contribution is -2.07. The summed E-state index contributed by atoms with van der Waals surface area (Å²) < 4.78 is 0. The van der Waals surface area contributed by atoms with Crippen LogP contribution in [0.4, 0.5) is 0 Å². The predicted molar refractivity (Wildman–Crippen MR) is 65.1 cm³/mol. The highest BCUT2D eigenvalue weighted by atomic mass is 32.2. The summed E-state index contributed by atoms with van der Waals surface area (Å²) in [6.07, 6.45) is 2.36. The van der Waals surface area contributed by atoms with E-state index in [9.17, 15) is 0 Å². The minimum Gasteiger partial charge on any atom is -0.320 e. The topological polar surface area (TPSA) is 12.0 Å². The van der Waals surface area contributed by atoms with Crippen molar-refractivity contribution in [3.05, 3.63) is 29.8 Å². The van der Waals surface area contributed by atoms with Crippen molar-refractivity contribution in [2.45, 2.75) is 24.7 Å². The highest BCUT2D eigenvalue weighted by Crippen LogP contribution is 2.19. The van der Waals surface area contributed by atoms with Gasteiger partial charge in [-0.05, 0) is 49.9 Å². The maximum absolute atomic E-state index is 3.16. The Hall–Kier alpha value is -0.470. The van der Waals surface area contributed by atoms with E-state index in [1.165, 1.54) is 22.6 Å². The minimum absolute atomic E-state index is 1.11. The van der Waals surface area contributed by atoms with Gasteiger partial charge in [-0.15, -0.1) is 11.8 Å². The first-order valence-electron chi connectivity index (χ1n) is 5.23. The van der Waals surface area contributed by atoms with Gasteiger partial charge in [0.05, 0.1) is 0 Å². The van der Waals surface area contributed by atoms with Crippen LogP contribution in [0, 0.1) is 0 Å². The fourth-order valence-corrected chi connectivity index (χ4v) is 2.11. The molecule has 2 heteroatoms. The summed E-state index contributed by atoms with van der Waals surface area (Å²) in [5.74, 6) is 1.20. The number of rotatable bonds is 6. The van der Waals surface area contributed by atoms with Gasteiger partial charge in [0.2, 0.25) is 0 Å². The maximum Gasteiger partial charge on any atom is 0.00721 e. The van der Waals surface area contributed by atoms with Gasteiger partial charge in [0.1, 0.15) is 0 Å². The average Bonchev–Trinajstić information content (AvgIpc) is 2.25. The third-order valence-corrected chi connectivity index (χ3v) is 3.27. The number of nitrogens with one attached hydrogen (secondary N) is 1. The molecule has 0 aliphatic heterocycles. The normalized spacial score (nSPS) is 10.4. The molecule has 1 rings (SSSR count). The molecule has 0 radical (unpaired) electrons. The number of hydrogen-bond acceptors (Lipinski definition) is 2. The lowest BCUT2D eigenvalue weighted by molar-refractivity contribution is 0.778. The zero-order valence-electron chi connectivity index (χ0n) is 9.05. The van der Waals surface area contributed by atoms with E-state index in [0.717, 1.165) is 13.0 Å². The zero-order chi connectivity index (χ0) is 10.2. The molecule has 0 atom stereocenters. The molecule has 0 saturated heterocycles. The summed E-state index contributed by atoms with van der Waals surface area (Å²) in [5.41, 5.74) is 1.42. The molecular weight excluding hydrogens is 190 g/mol. The monoisotopic (exact) mass is 209 g/mol. The van der Waals surface area contributed by atoms with Crippen LogP contribution < -0.4 is 5.32 Å². The molecule has 78 valence electrons. The van der Waals surface area contributed by atoms with Crippen molar-refractivity contribution < 1.29 is 0 Å². The standard InChI is InChI=1S/C12H19NS/c1-3-11-5-7-12(8-6-11)14-10-4-9-13-2/h5-8,13H,3-4,9-10H2,1-2H3. The van der Waals surface area contributed by atoms with Crippen molar-refractivity contribution in [1.82, 2.24) is 5.32 Å². The molecule has 0 spiro atoms. The summed E-state index contributed by atoms with van der Waals surface area (Å²) >= 11 is 1.94. The van der Waals surface area contributed by atoms with Crippen LogP contribution >= 0.6 is 11.8 Å². The minimum atomic E-state index is 1.11. The lowest BCUT2D eigenvalue weighted by atomic mass is 10.2. The number of thioether (sulfide) groups is 1. The zero-order valence-corrected chi connectivity index (χ0v) is 9.86. The van der Waals surface area contributed by atoms with Crippen LogP contribution in [0.2, 0.25) is 0 Å². The van der Waals surface area contributed by atoms with Crippen LogP contribution in [0.25, 0.3) is 0 Å². The second-order valence-electron chi connectivity index (χ2n) is 3.30. The molecule has 1 aromatic carbocycles. The van der Waals surface area contributed by atoms with E-state index in [-0.39, 0.29) is 0 Å². The quantitative estimate of drug-likeness (QED) is 0.571. The van der Waals surface area contributed by atoms with E-state index < -0.39 is 0 Å². The van der Waals surface area contributed by atoms with Crippen LogP contribution in [-0.4, -0.2) is 19.3 Å². The van der Waals surface area contributed by atoms with E-state index in [1.54, 1.807) is 0 Å². The van der Waals surface area contributed by atoms with Gasteiger partial charge in [0.15, 0.2) is 0 Å². The largest absolute Gasteiger partial charge is 0.320 e. The summed E-state index contributed by atoms with van der Waals surface area (Å²) in [6, 6.07) is 8.90. The fraction of sp³-hybridized carbons (Fsp3) is 0.500. The van der Waals surface area contributed by atoms with Gasteiger partial charge >= 0.3 is 0 Å². The highest BCUT2D eigenvalue weighted by Gasteiger charge is 1.94. The Morgan fingerprint density at radius 1 is 1.21 bits per heavy atom. The molecule has 1 nitrogen and oxygen atoms in total. The number of aryl methyl sites for hydroxylation is 1. The van der Waals surface area contributed by atoms with Crippen LogP contribution in [0.1, 0.15) is 18.9 Å². The van der Waals surface area contributed by atoms with Gasteiger partial charge in [0, 0.05) is 4.90 Å². The molecule has 1 N–H and O–H groups in total. The molecule has 0 saturated carbocycles. The Balaban J connectivity index is 2.29. The second-order valence-corrected chi connectivity index (χ2v) is 4.47. The molecule has 0 aliphatic rings. The smallest absolute Gasteiger partial charge is 0.00721 e. The lowest BCUT2D eigenvalue weighted by Gasteiger charge is -2.02. The van der Waals surface area contributed by atoms with Gasteiger partial charge in [-0.3, -0.25) is 0 Å². The van der Waals surface area contributed by atoms with E-state index in [0.29, 0.717) is 0 Å². The Labute approximate surface area is 91.3 Å². The van der Waals surface area contributed by atoms with Crippen LogP contribution in [-0.2, 0) is 6.42 Å². The summed E-state index contributed by atoms with van der Waals surface area (Å²) in [7, 11) is 2.00. The molecule has 14 heavy (non-hydrogen) atoms. The molecule has 0 aromatic heterocycles. The van der Waals surface area contributed by atoms with Gasteiger partial charge in [-0.2, -0.15) is 0 Å². The van der Waals surface area contributed by atoms with Gasteiger partial charge < -0.3 is 5.32 Å². The van der Waals surface area contributed by atoms with Crippen molar-refractivity contribution in [2.75, 3.05) is 19.3 Å². The molecule has 0 heterocycles. The third kappa shape index (κ3) is 4.16. The molecule has 0 unspecified atom stereocenters. The molecule has 1 aromatic rings. The molecule has 0 amide bonds. The third-order valence-electron chi connectivity index (χ3n) is 2.17. The Morgan fingerprint density at radius 3 is 2.50 bits per heavy atom. The number of benzene rings is 1. The first-order chi connectivity index (χ1) is 6.86. The van der Waals surface area contributed by atoms with Gasteiger partial charge in [-0.25, -0.2) is 0 Å². The number of hydrogen-bond donors (Lipinski definition) is 1. The summed E-state index contributed by atoms with van der Waals surface area (Å²) in [6.45, 7) is 3.30. The van der Waals surface area contributed by atoms with Crippen molar-refractivity contribution in [3.8, 4) is 0 Å².